The predicted octanol–water partition coefficient (Wildman–Crippen LogP) is 5.43. The zero-order chi connectivity index (χ0) is 17.1. The quantitative estimate of drug-likeness (QED) is 0.805. The topological polar surface area (TPSA) is 23.5 Å². The van der Waals surface area contributed by atoms with Gasteiger partial charge in [-0.25, -0.2) is 0 Å². The Kier molecular flexibility index (Phi) is 5.07. The van der Waals surface area contributed by atoms with Gasteiger partial charge in [-0.2, -0.15) is 0 Å². The molecule has 1 N–H and O–H groups in total. The number of rotatable bonds is 4. The monoisotopic (exact) mass is 335 g/mol. The lowest BCUT2D eigenvalue weighted by Gasteiger charge is -2.34. The fourth-order valence-electron chi connectivity index (χ4n) is 4.65. The Balaban J connectivity index is 1.41. The van der Waals surface area contributed by atoms with E-state index in [-0.39, 0.29) is 0 Å². The van der Waals surface area contributed by atoms with Gasteiger partial charge in [-0.15, -0.1) is 0 Å². The molecule has 0 radical (unpaired) electrons. The minimum Gasteiger partial charge on any atom is -0.508 e. The third kappa shape index (κ3) is 4.07. The van der Waals surface area contributed by atoms with E-state index in [9.17, 15) is 5.11 Å². The summed E-state index contributed by atoms with van der Waals surface area (Å²) in [7, 11) is 0. The number of hydrogen-bond acceptors (Lipinski definition) is 2. The van der Waals surface area contributed by atoms with E-state index in [1.165, 1.54) is 69.3 Å². The van der Waals surface area contributed by atoms with Crippen LogP contribution in [-0.4, -0.2) is 29.6 Å². The Morgan fingerprint density at radius 1 is 0.800 bits per heavy atom. The lowest BCUT2D eigenvalue weighted by atomic mass is 9.89. The molecule has 0 unspecified atom stereocenters. The third-order valence-electron chi connectivity index (χ3n) is 6.08. The second-order valence-electron chi connectivity index (χ2n) is 7.92. The van der Waals surface area contributed by atoms with Crippen molar-refractivity contribution in [3.63, 3.8) is 0 Å². The Morgan fingerprint density at radius 3 is 2.12 bits per heavy atom. The molecule has 132 valence electrons. The highest BCUT2D eigenvalue weighted by atomic mass is 16.3. The van der Waals surface area contributed by atoms with Crippen molar-refractivity contribution in [3.8, 4) is 16.9 Å². The molecular weight excluding hydrogens is 306 g/mol. The van der Waals surface area contributed by atoms with E-state index in [0.717, 1.165) is 11.5 Å². The second-order valence-corrected chi connectivity index (χ2v) is 7.92. The van der Waals surface area contributed by atoms with E-state index in [0.29, 0.717) is 11.7 Å². The molecule has 2 aliphatic rings. The number of hydrogen-bond donors (Lipinski definition) is 1. The molecule has 4 rings (SSSR count). The summed E-state index contributed by atoms with van der Waals surface area (Å²) < 4.78 is 0. The van der Waals surface area contributed by atoms with Crippen LogP contribution in [0.15, 0.2) is 48.5 Å². The summed E-state index contributed by atoms with van der Waals surface area (Å²) in [5.41, 5.74) is 3.87. The maximum absolute atomic E-state index is 9.44. The standard InChI is InChI=1S/C23H29NO/c25-23-13-11-20(12-14-23)19-7-9-21(10-8-19)22-6-3-15-24(17-22)16-18-4-1-2-5-18/h7-14,18,22,25H,1-6,15-17H2/t22-/m0/s1. The largest absolute Gasteiger partial charge is 0.508 e. The molecule has 2 aromatic carbocycles. The van der Waals surface area contributed by atoms with Crippen molar-refractivity contribution in [2.24, 2.45) is 5.92 Å². The first-order chi connectivity index (χ1) is 12.3. The highest BCUT2D eigenvalue weighted by molar-refractivity contribution is 5.64. The minimum atomic E-state index is 0.324. The van der Waals surface area contributed by atoms with Gasteiger partial charge in [0, 0.05) is 13.1 Å². The molecule has 25 heavy (non-hydrogen) atoms. The highest BCUT2D eigenvalue weighted by Gasteiger charge is 2.24. The molecule has 0 bridgehead atoms. The zero-order valence-electron chi connectivity index (χ0n) is 15.0. The molecule has 2 aromatic rings. The fourth-order valence-corrected chi connectivity index (χ4v) is 4.65. The van der Waals surface area contributed by atoms with Gasteiger partial charge in [-0.3, -0.25) is 0 Å². The van der Waals surface area contributed by atoms with Crippen LogP contribution in [0, 0.1) is 5.92 Å². The highest BCUT2D eigenvalue weighted by Crippen LogP contribution is 2.32. The summed E-state index contributed by atoms with van der Waals surface area (Å²) in [6.07, 6.45) is 8.43. The Morgan fingerprint density at radius 2 is 1.44 bits per heavy atom. The van der Waals surface area contributed by atoms with Crippen LogP contribution in [0.3, 0.4) is 0 Å². The summed E-state index contributed by atoms with van der Waals surface area (Å²) in [6, 6.07) is 16.6. The van der Waals surface area contributed by atoms with E-state index in [4.69, 9.17) is 0 Å². The van der Waals surface area contributed by atoms with Crippen LogP contribution in [-0.2, 0) is 0 Å². The average molecular weight is 335 g/mol. The summed E-state index contributed by atoms with van der Waals surface area (Å²) in [5.74, 6) is 1.96. The van der Waals surface area contributed by atoms with Gasteiger partial charge in [0.05, 0.1) is 0 Å². The lowest BCUT2D eigenvalue weighted by Crippen LogP contribution is -2.37. The lowest BCUT2D eigenvalue weighted by molar-refractivity contribution is 0.179. The number of phenols is 1. The normalized spacial score (nSPS) is 22.3. The maximum atomic E-state index is 9.44. The van der Waals surface area contributed by atoms with Gasteiger partial charge in [0.25, 0.3) is 0 Å². The Hall–Kier alpha value is -1.80. The predicted molar refractivity (Wildman–Crippen MR) is 104 cm³/mol. The van der Waals surface area contributed by atoms with Crippen LogP contribution in [0.1, 0.15) is 50.0 Å². The molecule has 1 saturated carbocycles. The molecule has 0 aromatic heterocycles. The molecule has 2 fully saturated rings. The van der Waals surface area contributed by atoms with E-state index >= 15 is 0 Å². The number of benzene rings is 2. The van der Waals surface area contributed by atoms with Crippen LogP contribution in [0.4, 0.5) is 0 Å². The Labute approximate surface area is 151 Å². The van der Waals surface area contributed by atoms with Crippen molar-refractivity contribution < 1.29 is 5.11 Å². The van der Waals surface area contributed by atoms with Crippen molar-refractivity contribution >= 4 is 0 Å². The van der Waals surface area contributed by atoms with E-state index in [1.54, 1.807) is 12.1 Å². The van der Waals surface area contributed by atoms with Crippen molar-refractivity contribution in [1.82, 2.24) is 4.90 Å². The minimum absolute atomic E-state index is 0.324. The molecule has 1 aliphatic carbocycles. The summed E-state index contributed by atoms with van der Waals surface area (Å²) >= 11 is 0. The molecule has 1 atom stereocenters. The van der Waals surface area contributed by atoms with Gasteiger partial charge < -0.3 is 10.0 Å². The first kappa shape index (κ1) is 16.7. The molecule has 2 heteroatoms. The molecule has 1 heterocycles. The van der Waals surface area contributed by atoms with Gasteiger partial charge >= 0.3 is 0 Å². The van der Waals surface area contributed by atoms with Crippen molar-refractivity contribution in [2.45, 2.75) is 44.4 Å². The van der Waals surface area contributed by atoms with E-state index in [1.807, 2.05) is 12.1 Å². The first-order valence-corrected chi connectivity index (χ1v) is 9.89. The van der Waals surface area contributed by atoms with E-state index in [2.05, 4.69) is 29.2 Å². The zero-order valence-corrected chi connectivity index (χ0v) is 15.0. The summed E-state index contributed by atoms with van der Waals surface area (Å²) in [5, 5.41) is 9.44. The first-order valence-electron chi connectivity index (χ1n) is 9.89. The molecular formula is C23H29NO. The summed E-state index contributed by atoms with van der Waals surface area (Å²) in [4.78, 5) is 2.72. The van der Waals surface area contributed by atoms with Crippen LogP contribution in [0.25, 0.3) is 11.1 Å². The van der Waals surface area contributed by atoms with Gasteiger partial charge in [0.2, 0.25) is 0 Å². The molecule has 1 aliphatic heterocycles. The van der Waals surface area contributed by atoms with Crippen molar-refractivity contribution in [3.05, 3.63) is 54.1 Å². The second kappa shape index (κ2) is 7.61. The SMILES string of the molecule is Oc1ccc(-c2ccc([C@H]3CCCN(CC4CCCC4)C3)cc2)cc1. The number of phenolic OH excluding ortho intramolecular Hbond substituents is 1. The van der Waals surface area contributed by atoms with Crippen molar-refractivity contribution in [2.75, 3.05) is 19.6 Å². The number of likely N-dealkylation sites (tertiary alicyclic amines) is 1. The van der Waals surface area contributed by atoms with Crippen LogP contribution < -0.4 is 0 Å². The smallest absolute Gasteiger partial charge is 0.115 e. The number of aromatic hydroxyl groups is 1. The van der Waals surface area contributed by atoms with Gasteiger partial charge in [-0.05, 0) is 72.9 Å². The van der Waals surface area contributed by atoms with Gasteiger partial charge in [-0.1, -0.05) is 49.2 Å². The number of nitrogens with zero attached hydrogens (tertiary/aromatic N) is 1. The third-order valence-corrected chi connectivity index (χ3v) is 6.08. The maximum Gasteiger partial charge on any atom is 0.115 e. The molecule has 2 nitrogen and oxygen atoms in total. The average Bonchev–Trinajstić information content (AvgIpc) is 3.16. The molecule has 0 spiro atoms. The number of piperidine rings is 1. The van der Waals surface area contributed by atoms with Crippen LogP contribution in [0.2, 0.25) is 0 Å². The molecule has 0 amide bonds. The summed E-state index contributed by atoms with van der Waals surface area (Å²) in [6.45, 7) is 3.84. The Bertz CT molecular complexity index is 670. The van der Waals surface area contributed by atoms with Gasteiger partial charge in [0.15, 0.2) is 0 Å². The molecule has 1 saturated heterocycles. The van der Waals surface area contributed by atoms with Gasteiger partial charge in [0.1, 0.15) is 5.75 Å². The van der Waals surface area contributed by atoms with Crippen LogP contribution >= 0.6 is 0 Å². The van der Waals surface area contributed by atoms with E-state index < -0.39 is 0 Å². The van der Waals surface area contributed by atoms with Crippen LogP contribution in [0.5, 0.6) is 5.75 Å². The van der Waals surface area contributed by atoms with Crippen molar-refractivity contribution in [1.29, 1.82) is 0 Å². The fraction of sp³-hybridized carbons (Fsp3) is 0.478.